The predicted octanol–water partition coefficient (Wildman–Crippen LogP) is 3.82. The molecule has 0 saturated carbocycles. The van der Waals surface area contributed by atoms with Gasteiger partial charge in [0.2, 0.25) is 5.91 Å². The Hall–Kier alpha value is -1.61. The first kappa shape index (κ1) is 23.7. The molecule has 2 N–H and O–H groups in total. The van der Waals surface area contributed by atoms with Gasteiger partial charge in [0.15, 0.2) is 5.96 Å². The van der Waals surface area contributed by atoms with Crippen molar-refractivity contribution in [1.82, 2.24) is 15.5 Å². The van der Waals surface area contributed by atoms with E-state index in [0.29, 0.717) is 18.9 Å². The molecule has 0 radical (unpaired) electrons. The largest absolute Gasteiger partial charge is 0.356 e. The molecule has 1 amide bonds. The first-order valence-electron chi connectivity index (χ1n) is 9.64. The van der Waals surface area contributed by atoms with Gasteiger partial charge in [-0.15, -0.1) is 24.0 Å². The number of hydrogen-bond acceptors (Lipinski definition) is 2. The molecule has 1 saturated heterocycles. The van der Waals surface area contributed by atoms with E-state index in [9.17, 15) is 4.79 Å². The van der Waals surface area contributed by atoms with E-state index in [4.69, 9.17) is 0 Å². The van der Waals surface area contributed by atoms with E-state index < -0.39 is 0 Å². The third-order valence-corrected chi connectivity index (χ3v) is 5.49. The van der Waals surface area contributed by atoms with Gasteiger partial charge in [-0.25, -0.2) is 0 Å². The Balaban J connectivity index is 0.00000300. The van der Waals surface area contributed by atoms with Crippen LogP contribution in [0.4, 0.5) is 0 Å². The molecule has 5 nitrogen and oxygen atoms in total. The maximum absolute atomic E-state index is 12.3. The number of benzene rings is 2. The van der Waals surface area contributed by atoms with Crippen LogP contribution in [0.1, 0.15) is 17.5 Å². The molecular weight excluding hydrogens is 543 g/mol. The Morgan fingerprint density at radius 3 is 2.52 bits per heavy atom. The summed E-state index contributed by atoms with van der Waals surface area (Å²) in [5, 5.41) is 6.68. The summed E-state index contributed by atoms with van der Waals surface area (Å²) >= 11 is 3.45. The normalized spacial score (nSPS) is 16.5. The number of guanidine groups is 1. The molecule has 0 spiro atoms. The molecule has 2 aromatic rings. The van der Waals surface area contributed by atoms with Crippen LogP contribution in [0.5, 0.6) is 0 Å². The Bertz CT molecular complexity index is 798. The van der Waals surface area contributed by atoms with Crippen LogP contribution in [0.3, 0.4) is 0 Å². The van der Waals surface area contributed by atoms with Gasteiger partial charge in [-0.2, -0.15) is 0 Å². The van der Waals surface area contributed by atoms with Gasteiger partial charge in [-0.05, 0) is 29.7 Å². The summed E-state index contributed by atoms with van der Waals surface area (Å²) in [5.74, 6) is 1.33. The molecule has 1 fully saturated rings. The van der Waals surface area contributed by atoms with E-state index in [-0.39, 0.29) is 29.9 Å². The molecule has 2 aromatic carbocycles. The predicted molar refractivity (Wildman–Crippen MR) is 133 cm³/mol. The zero-order chi connectivity index (χ0) is 19.8. The highest BCUT2D eigenvalue weighted by atomic mass is 127. The van der Waals surface area contributed by atoms with Crippen LogP contribution in [-0.2, 0) is 17.8 Å². The maximum Gasteiger partial charge on any atom is 0.223 e. The molecule has 1 unspecified atom stereocenters. The smallest absolute Gasteiger partial charge is 0.223 e. The Morgan fingerprint density at radius 2 is 1.83 bits per heavy atom. The molecule has 1 atom stereocenters. The maximum atomic E-state index is 12.3. The van der Waals surface area contributed by atoms with Crippen LogP contribution in [0.15, 0.2) is 64.1 Å². The van der Waals surface area contributed by atoms with Crippen LogP contribution >= 0.6 is 39.9 Å². The van der Waals surface area contributed by atoms with E-state index in [1.165, 1.54) is 11.1 Å². The van der Waals surface area contributed by atoms with E-state index in [0.717, 1.165) is 36.5 Å². The highest BCUT2D eigenvalue weighted by Gasteiger charge is 2.29. The lowest BCUT2D eigenvalue weighted by Crippen LogP contribution is -2.40. The van der Waals surface area contributed by atoms with Gasteiger partial charge < -0.3 is 15.5 Å². The fourth-order valence-electron chi connectivity index (χ4n) is 3.37. The number of nitrogens with zero attached hydrogens (tertiary/aromatic N) is 2. The molecule has 0 aliphatic carbocycles. The topological polar surface area (TPSA) is 56.7 Å². The second-order valence-electron chi connectivity index (χ2n) is 7.08. The van der Waals surface area contributed by atoms with Crippen molar-refractivity contribution < 1.29 is 4.79 Å². The van der Waals surface area contributed by atoms with Crippen LogP contribution < -0.4 is 10.6 Å². The van der Waals surface area contributed by atoms with E-state index >= 15 is 0 Å². The van der Waals surface area contributed by atoms with Crippen molar-refractivity contribution in [2.45, 2.75) is 19.4 Å². The fourth-order valence-corrected chi connectivity index (χ4v) is 3.63. The monoisotopic (exact) mass is 570 g/mol. The van der Waals surface area contributed by atoms with Crippen molar-refractivity contribution in [2.75, 3.05) is 26.7 Å². The van der Waals surface area contributed by atoms with Crippen LogP contribution in [0.25, 0.3) is 0 Å². The summed E-state index contributed by atoms with van der Waals surface area (Å²) in [6, 6.07) is 18.5. The zero-order valence-corrected chi connectivity index (χ0v) is 20.5. The molecule has 0 bridgehead atoms. The average Bonchev–Trinajstić information content (AvgIpc) is 3.08. The van der Waals surface area contributed by atoms with Crippen molar-refractivity contribution in [3.05, 3.63) is 70.2 Å². The molecule has 156 valence electrons. The molecule has 29 heavy (non-hydrogen) atoms. The third-order valence-electron chi connectivity index (χ3n) is 4.96. The van der Waals surface area contributed by atoms with Gasteiger partial charge in [0.05, 0.1) is 0 Å². The first-order valence-corrected chi connectivity index (χ1v) is 10.4. The minimum Gasteiger partial charge on any atom is -0.356 e. The van der Waals surface area contributed by atoms with E-state index in [2.05, 4.69) is 55.8 Å². The Labute approximate surface area is 198 Å². The molecular formula is C22H28BrIN4O. The first-order chi connectivity index (χ1) is 13.6. The molecule has 7 heteroatoms. The van der Waals surface area contributed by atoms with Gasteiger partial charge >= 0.3 is 0 Å². The van der Waals surface area contributed by atoms with Crippen molar-refractivity contribution in [2.24, 2.45) is 10.9 Å². The minimum absolute atomic E-state index is 0. The lowest BCUT2D eigenvalue weighted by Gasteiger charge is -2.18. The van der Waals surface area contributed by atoms with Crippen molar-refractivity contribution in [3.8, 4) is 0 Å². The lowest BCUT2D eigenvalue weighted by molar-refractivity contribution is -0.127. The summed E-state index contributed by atoms with van der Waals surface area (Å²) in [6.45, 7) is 3.05. The van der Waals surface area contributed by atoms with Gasteiger partial charge in [0.1, 0.15) is 0 Å². The number of nitrogens with one attached hydrogen (secondary N) is 2. The number of rotatable bonds is 7. The molecule has 1 aliphatic heterocycles. The number of hydrogen-bond donors (Lipinski definition) is 2. The Kier molecular flexibility index (Phi) is 9.93. The van der Waals surface area contributed by atoms with Crippen LogP contribution in [0.2, 0.25) is 0 Å². The summed E-state index contributed by atoms with van der Waals surface area (Å²) in [5.41, 5.74) is 2.46. The quantitative estimate of drug-likeness (QED) is 0.302. The number of halogens is 2. The SMILES string of the molecule is CN=C(NCc1ccc(Br)cc1)NCC1CC(=O)N(CCc2ccccc2)C1.I. The van der Waals surface area contributed by atoms with Crippen molar-refractivity contribution in [3.63, 3.8) is 0 Å². The summed E-state index contributed by atoms with van der Waals surface area (Å²) in [7, 11) is 1.77. The highest BCUT2D eigenvalue weighted by molar-refractivity contribution is 14.0. The van der Waals surface area contributed by atoms with E-state index in [1.807, 2.05) is 35.2 Å². The third kappa shape index (κ3) is 7.62. The van der Waals surface area contributed by atoms with Gasteiger partial charge in [0.25, 0.3) is 0 Å². The number of likely N-dealkylation sites (tertiary alicyclic amines) is 1. The summed E-state index contributed by atoms with van der Waals surface area (Å²) < 4.78 is 1.07. The number of amides is 1. The van der Waals surface area contributed by atoms with E-state index in [1.54, 1.807) is 7.05 Å². The van der Waals surface area contributed by atoms with Crippen molar-refractivity contribution >= 4 is 51.8 Å². The Morgan fingerprint density at radius 1 is 1.10 bits per heavy atom. The molecule has 1 aliphatic rings. The second kappa shape index (κ2) is 12.2. The standard InChI is InChI=1S/C22H27BrN4O.HI/c1-24-22(25-14-18-7-9-20(23)10-8-18)26-15-19-13-21(28)27(16-19)12-11-17-5-3-2-4-6-17;/h2-10,19H,11-16H2,1H3,(H2,24,25,26);1H. The van der Waals surface area contributed by atoms with Gasteiger partial charge in [0, 0.05) is 50.0 Å². The number of aliphatic imine (C=N–C) groups is 1. The minimum atomic E-state index is 0. The molecule has 0 aromatic heterocycles. The fraction of sp³-hybridized carbons (Fsp3) is 0.364. The van der Waals surface area contributed by atoms with Gasteiger partial charge in [-0.1, -0.05) is 58.4 Å². The number of carbonyl (C=O) groups excluding carboxylic acids is 1. The zero-order valence-electron chi connectivity index (χ0n) is 16.6. The van der Waals surface area contributed by atoms with Crippen LogP contribution in [-0.4, -0.2) is 43.4 Å². The lowest BCUT2D eigenvalue weighted by atomic mass is 10.1. The van der Waals surface area contributed by atoms with Crippen LogP contribution in [0, 0.1) is 5.92 Å². The highest BCUT2D eigenvalue weighted by Crippen LogP contribution is 2.17. The second-order valence-corrected chi connectivity index (χ2v) is 7.99. The summed E-state index contributed by atoms with van der Waals surface area (Å²) in [6.07, 6.45) is 1.51. The molecule has 1 heterocycles. The van der Waals surface area contributed by atoms with Crippen molar-refractivity contribution in [1.29, 1.82) is 0 Å². The van der Waals surface area contributed by atoms with Gasteiger partial charge in [-0.3, -0.25) is 9.79 Å². The molecule has 3 rings (SSSR count). The summed E-state index contributed by atoms with van der Waals surface area (Å²) in [4.78, 5) is 18.6. The number of carbonyl (C=O) groups is 1. The average molecular weight is 571 g/mol.